The summed E-state index contributed by atoms with van der Waals surface area (Å²) >= 11 is 0. The number of hydrogen-bond donors (Lipinski definition) is 2. The van der Waals surface area contributed by atoms with Crippen LogP contribution in [-0.2, 0) is 14.8 Å². The Labute approximate surface area is 180 Å². The number of rotatable bonds is 7. The molecule has 10 heteroatoms. The second kappa shape index (κ2) is 11.2. The highest BCUT2D eigenvalue weighted by Gasteiger charge is 2.38. The molecule has 0 radical (unpaired) electrons. The highest BCUT2D eigenvalue weighted by Crippen LogP contribution is 2.30. The lowest BCUT2D eigenvalue weighted by molar-refractivity contribution is -0.142. The molecule has 1 aliphatic heterocycles. The van der Waals surface area contributed by atoms with Gasteiger partial charge in [-0.3, -0.25) is 4.79 Å². The summed E-state index contributed by atoms with van der Waals surface area (Å²) < 4.78 is 26.9. The van der Waals surface area contributed by atoms with Gasteiger partial charge in [0, 0.05) is 32.7 Å². The molecule has 1 fully saturated rings. The maximum absolute atomic E-state index is 13.0. The van der Waals surface area contributed by atoms with Gasteiger partial charge in [0.25, 0.3) is 0 Å². The van der Waals surface area contributed by atoms with Crippen molar-refractivity contribution in [3.05, 3.63) is 24.3 Å². The van der Waals surface area contributed by atoms with Crippen LogP contribution in [0.1, 0.15) is 26.7 Å². The molecule has 1 saturated heterocycles. The molecule has 28 heavy (non-hydrogen) atoms. The maximum atomic E-state index is 13.0. The Kier molecular flexibility index (Phi) is 10.8. The minimum Gasteiger partial charge on any atom is -0.367 e. The highest BCUT2D eigenvalue weighted by atomic mass is 35.5. The molecule has 0 saturated carbocycles. The third-order valence-corrected chi connectivity index (χ3v) is 6.99. The zero-order valence-corrected chi connectivity index (χ0v) is 19.1. The predicted molar refractivity (Wildman–Crippen MR) is 118 cm³/mol. The van der Waals surface area contributed by atoms with Gasteiger partial charge >= 0.3 is 0 Å². The van der Waals surface area contributed by atoms with Crippen LogP contribution in [0, 0.1) is 5.41 Å². The number of halogens is 2. The van der Waals surface area contributed by atoms with Crippen LogP contribution in [0.25, 0.3) is 0 Å². The summed E-state index contributed by atoms with van der Waals surface area (Å²) in [5, 5.41) is 0. The van der Waals surface area contributed by atoms with Crippen molar-refractivity contribution in [2.45, 2.75) is 31.6 Å². The van der Waals surface area contributed by atoms with Crippen LogP contribution >= 0.6 is 24.8 Å². The van der Waals surface area contributed by atoms with Crippen molar-refractivity contribution < 1.29 is 13.2 Å². The van der Waals surface area contributed by atoms with E-state index in [0.29, 0.717) is 38.4 Å². The lowest BCUT2D eigenvalue weighted by Gasteiger charge is -2.41. The second-order valence-corrected chi connectivity index (χ2v) is 8.50. The number of amides is 1. The van der Waals surface area contributed by atoms with Crippen molar-refractivity contribution in [1.82, 2.24) is 9.62 Å². The van der Waals surface area contributed by atoms with E-state index in [1.54, 1.807) is 12.1 Å². The molecule has 3 N–H and O–H groups in total. The van der Waals surface area contributed by atoms with E-state index in [2.05, 4.69) is 4.72 Å². The zero-order chi connectivity index (χ0) is 19.4. The fourth-order valence-corrected chi connectivity index (χ4v) is 4.42. The van der Waals surface area contributed by atoms with Gasteiger partial charge in [-0.1, -0.05) is 26.0 Å². The first-order chi connectivity index (χ1) is 12.3. The number of carbonyl (C=O) groups is 1. The summed E-state index contributed by atoms with van der Waals surface area (Å²) in [7, 11) is -2.12. The molecule has 2 rings (SSSR count). The molecule has 1 aromatic rings. The lowest BCUT2D eigenvalue weighted by Crippen LogP contribution is -2.55. The van der Waals surface area contributed by atoms with E-state index >= 15 is 0 Å². The Balaban J connectivity index is 0.00000364. The van der Waals surface area contributed by atoms with E-state index in [9.17, 15) is 13.2 Å². The number of carbonyl (C=O) groups excluding carboxylic acids is 1. The van der Waals surface area contributed by atoms with E-state index in [4.69, 9.17) is 5.73 Å². The van der Waals surface area contributed by atoms with Crippen LogP contribution < -0.4 is 15.4 Å². The Morgan fingerprint density at radius 2 is 1.64 bits per heavy atom. The SMILES string of the molecule is CCC(CC)(CN)C(=O)N1CCN(c2ccccc2S(=O)(=O)NC)CC1.Cl.Cl. The number of nitrogens with zero attached hydrogens (tertiary/aromatic N) is 2. The van der Waals surface area contributed by atoms with E-state index < -0.39 is 15.4 Å². The summed E-state index contributed by atoms with van der Waals surface area (Å²) in [6.07, 6.45) is 1.45. The number of benzene rings is 1. The van der Waals surface area contributed by atoms with Crippen LogP contribution in [0.2, 0.25) is 0 Å². The van der Waals surface area contributed by atoms with Gasteiger partial charge < -0.3 is 15.5 Å². The lowest BCUT2D eigenvalue weighted by atomic mass is 9.81. The minimum atomic E-state index is -3.53. The van der Waals surface area contributed by atoms with Gasteiger partial charge in [0.2, 0.25) is 15.9 Å². The molecule has 1 aliphatic rings. The molecule has 0 atom stereocenters. The van der Waals surface area contributed by atoms with Crippen molar-refractivity contribution >= 4 is 46.4 Å². The largest absolute Gasteiger partial charge is 0.367 e. The monoisotopic (exact) mass is 454 g/mol. The quantitative estimate of drug-likeness (QED) is 0.655. The average molecular weight is 455 g/mol. The van der Waals surface area contributed by atoms with Gasteiger partial charge in [-0.05, 0) is 32.0 Å². The molecule has 7 nitrogen and oxygen atoms in total. The molecule has 1 heterocycles. The van der Waals surface area contributed by atoms with E-state index in [-0.39, 0.29) is 35.6 Å². The topological polar surface area (TPSA) is 95.7 Å². The standard InChI is InChI=1S/C18H30N4O3S.2ClH/c1-4-18(5-2,14-19)17(23)22-12-10-21(11-13-22)15-8-6-7-9-16(15)26(24,25)20-3;;/h6-9,20H,4-5,10-14,19H2,1-3H3;2*1H. The third kappa shape index (κ3) is 5.30. The molecule has 0 spiro atoms. The fourth-order valence-electron chi connectivity index (χ4n) is 3.47. The van der Waals surface area contributed by atoms with Gasteiger partial charge in [0.15, 0.2) is 0 Å². The molecule has 0 unspecified atom stereocenters. The third-order valence-electron chi connectivity index (χ3n) is 5.53. The summed E-state index contributed by atoms with van der Waals surface area (Å²) in [4.78, 5) is 17.1. The Bertz CT molecular complexity index is 726. The van der Waals surface area contributed by atoms with E-state index in [0.717, 1.165) is 12.8 Å². The van der Waals surface area contributed by atoms with Crippen molar-refractivity contribution in [3.8, 4) is 0 Å². The van der Waals surface area contributed by atoms with Gasteiger partial charge in [-0.15, -0.1) is 24.8 Å². The van der Waals surface area contributed by atoms with Gasteiger partial charge in [-0.2, -0.15) is 0 Å². The number of nitrogens with two attached hydrogens (primary N) is 1. The summed E-state index contributed by atoms with van der Waals surface area (Å²) in [5.74, 6) is 0.112. The van der Waals surface area contributed by atoms with Crippen molar-refractivity contribution in [1.29, 1.82) is 0 Å². The normalized spacial score (nSPS) is 14.9. The smallest absolute Gasteiger partial charge is 0.242 e. The molecule has 0 aromatic heterocycles. The first kappa shape index (κ1) is 26.9. The first-order valence-corrected chi connectivity index (χ1v) is 10.6. The predicted octanol–water partition coefficient (Wildman–Crippen LogP) is 1.85. The Morgan fingerprint density at radius 3 is 2.11 bits per heavy atom. The molecule has 0 bridgehead atoms. The number of nitrogens with one attached hydrogen (secondary N) is 1. The van der Waals surface area contributed by atoms with Gasteiger partial charge in [0.05, 0.1) is 11.1 Å². The van der Waals surface area contributed by atoms with Crippen LogP contribution in [-0.4, -0.2) is 59.0 Å². The number of anilines is 1. The van der Waals surface area contributed by atoms with Gasteiger partial charge in [0.1, 0.15) is 4.90 Å². The highest BCUT2D eigenvalue weighted by molar-refractivity contribution is 7.89. The maximum Gasteiger partial charge on any atom is 0.242 e. The molecule has 1 aromatic carbocycles. The van der Waals surface area contributed by atoms with Crippen LogP contribution in [0.5, 0.6) is 0 Å². The number of piperazine rings is 1. The first-order valence-electron chi connectivity index (χ1n) is 9.12. The van der Waals surface area contributed by atoms with Crippen molar-refractivity contribution in [2.75, 3.05) is 44.7 Å². The molecular formula is C18H32Cl2N4O3S. The number of sulfonamides is 1. The minimum absolute atomic E-state index is 0. The van der Waals surface area contributed by atoms with Crippen LogP contribution in [0.4, 0.5) is 5.69 Å². The van der Waals surface area contributed by atoms with E-state index in [1.165, 1.54) is 7.05 Å². The fraction of sp³-hybridized carbons (Fsp3) is 0.611. The summed E-state index contributed by atoms with van der Waals surface area (Å²) in [5.41, 5.74) is 6.09. The van der Waals surface area contributed by atoms with Crippen molar-refractivity contribution in [3.63, 3.8) is 0 Å². The number of para-hydroxylation sites is 1. The van der Waals surface area contributed by atoms with E-state index in [1.807, 2.05) is 35.8 Å². The summed E-state index contributed by atoms with van der Waals surface area (Å²) in [6.45, 7) is 6.67. The average Bonchev–Trinajstić information content (AvgIpc) is 2.69. The van der Waals surface area contributed by atoms with Crippen LogP contribution in [0.3, 0.4) is 0 Å². The second-order valence-electron chi connectivity index (χ2n) is 6.65. The van der Waals surface area contributed by atoms with Gasteiger partial charge in [-0.25, -0.2) is 13.1 Å². The molecular weight excluding hydrogens is 423 g/mol. The van der Waals surface area contributed by atoms with Crippen molar-refractivity contribution in [2.24, 2.45) is 11.1 Å². The Morgan fingerprint density at radius 1 is 1.11 bits per heavy atom. The van der Waals surface area contributed by atoms with Crippen LogP contribution in [0.15, 0.2) is 29.2 Å². The summed E-state index contributed by atoms with van der Waals surface area (Å²) in [6, 6.07) is 6.96. The molecule has 1 amide bonds. The Hall–Kier alpha value is -1.06. The number of hydrogen-bond acceptors (Lipinski definition) is 5. The molecule has 0 aliphatic carbocycles. The zero-order valence-electron chi connectivity index (χ0n) is 16.7. The molecule has 162 valence electrons.